The minimum absolute atomic E-state index is 0.0200. The number of carbonyl (C=O) groups excluding carboxylic acids is 1. The quantitative estimate of drug-likeness (QED) is 0.691. The summed E-state index contributed by atoms with van der Waals surface area (Å²) in [7, 11) is 0. The molecule has 1 N–H and O–H groups in total. The third-order valence-electron chi connectivity index (χ3n) is 3.89. The number of rotatable bonds is 5. The lowest BCUT2D eigenvalue weighted by atomic mass is 10.1. The molecule has 0 aliphatic carbocycles. The van der Waals surface area contributed by atoms with E-state index in [0.29, 0.717) is 16.4 Å². The van der Waals surface area contributed by atoms with Gasteiger partial charge in [-0.1, -0.05) is 17.7 Å². The van der Waals surface area contributed by atoms with E-state index in [4.69, 9.17) is 21.1 Å². The van der Waals surface area contributed by atoms with Crippen molar-refractivity contribution in [1.29, 1.82) is 0 Å². The SMILES string of the molecule is CC(NC(=O)CSc1ccc(Cl)c(C(F)(F)F)c1)c1ccc2c(c1)OCO2. The predicted octanol–water partition coefficient (Wildman–Crippen LogP) is 5.06. The van der Waals surface area contributed by atoms with Crippen LogP contribution < -0.4 is 14.8 Å². The zero-order chi connectivity index (χ0) is 19.6. The van der Waals surface area contributed by atoms with Gasteiger partial charge in [0.15, 0.2) is 11.5 Å². The van der Waals surface area contributed by atoms with Gasteiger partial charge in [0.05, 0.1) is 22.4 Å². The van der Waals surface area contributed by atoms with Crippen LogP contribution in [0.3, 0.4) is 0 Å². The first-order chi connectivity index (χ1) is 12.7. The lowest BCUT2D eigenvalue weighted by Gasteiger charge is -2.15. The van der Waals surface area contributed by atoms with Gasteiger partial charge in [-0.15, -0.1) is 11.8 Å². The zero-order valence-electron chi connectivity index (χ0n) is 14.1. The smallest absolute Gasteiger partial charge is 0.417 e. The Morgan fingerprint density at radius 2 is 1.96 bits per heavy atom. The molecule has 0 radical (unpaired) electrons. The molecule has 0 saturated carbocycles. The third kappa shape index (κ3) is 4.81. The minimum Gasteiger partial charge on any atom is -0.454 e. The number of halogens is 4. The van der Waals surface area contributed by atoms with Crippen molar-refractivity contribution in [3.63, 3.8) is 0 Å². The number of hydrogen-bond donors (Lipinski definition) is 1. The number of fused-ring (bicyclic) bond motifs is 1. The second-order valence-corrected chi connectivity index (χ2v) is 7.29. The fraction of sp³-hybridized carbons (Fsp3) is 0.278. The molecular formula is C18H15ClF3NO3S. The highest BCUT2D eigenvalue weighted by molar-refractivity contribution is 8.00. The van der Waals surface area contributed by atoms with Crippen LogP contribution in [0.25, 0.3) is 0 Å². The Morgan fingerprint density at radius 1 is 1.22 bits per heavy atom. The van der Waals surface area contributed by atoms with E-state index in [9.17, 15) is 18.0 Å². The summed E-state index contributed by atoms with van der Waals surface area (Å²) >= 11 is 6.60. The molecule has 0 spiro atoms. The van der Waals surface area contributed by atoms with Crippen LogP contribution in [0.4, 0.5) is 13.2 Å². The summed E-state index contributed by atoms with van der Waals surface area (Å²) in [6.07, 6.45) is -4.54. The van der Waals surface area contributed by atoms with Gasteiger partial charge in [0, 0.05) is 4.90 Å². The largest absolute Gasteiger partial charge is 0.454 e. The number of thioether (sulfide) groups is 1. The summed E-state index contributed by atoms with van der Waals surface area (Å²) < 4.78 is 49.2. The number of alkyl halides is 3. The first-order valence-corrected chi connectivity index (χ1v) is 9.29. The van der Waals surface area contributed by atoms with Gasteiger partial charge < -0.3 is 14.8 Å². The Bertz CT molecular complexity index is 860. The number of benzene rings is 2. The lowest BCUT2D eigenvalue weighted by molar-refractivity contribution is -0.137. The second kappa shape index (κ2) is 7.90. The summed E-state index contributed by atoms with van der Waals surface area (Å²) in [6, 6.07) is 8.67. The van der Waals surface area contributed by atoms with Crippen molar-refractivity contribution < 1.29 is 27.4 Å². The Labute approximate surface area is 163 Å². The van der Waals surface area contributed by atoms with Gasteiger partial charge in [-0.05, 0) is 42.8 Å². The van der Waals surface area contributed by atoms with Crippen molar-refractivity contribution in [2.75, 3.05) is 12.5 Å². The maximum atomic E-state index is 12.9. The molecule has 0 saturated heterocycles. The van der Waals surface area contributed by atoms with Gasteiger partial charge in [-0.25, -0.2) is 0 Å². The van der Waals surface area contributed by atoms with Crippen molar-refractivity contribution in [2.45, 2.75) is 24.0 Å². The molecule has 1 aliphatic rings. The van der Waals surface area contributed by atoms with E-state index in [1.54, 1.807) is 12.1 Å². The summed E-state index contributed by atoms with van der Waals surface area (Å²) in [6.45, 7) is 1.97. The van der Waals surface area contributed by atoms with Gasteiger partial charge in [0.1, 0.15) is 0 Å². The van der Waals surface area contributed by atoms with Crippen LogP contribution in [0.5, 0.6) is 11.5 Å². The van der Waals surface area contributed by atoms with Crippen LogP contribution in [0.2, 0.25) is 5.02 Å². The van der Waals surface area contributed by atoms with Crippen molar-refractivity contribution in [3.8, 4) is 11.5 Å². The van der Waals surface area contributed by atoms with E-state index < -0.39 is 11.7 Å². The van der Waals surface area contributed by atoms with Crippen molar-refractivity contribution in [3.05, 3.63) is 52.5 Å². The number of amides is 1. The minimum atomic E-state index is -4.54. The fourth-order valence-corrected chi connectivity index (χ4v) is 3.48. The molecule has 2 aromatic rings. The highest BCUT2D eigenvalue weighted by Gasteiger charge is 2.33. The molecule has 1 aliphatic heterocycles. The van der Waals surface area contributed by atoms with Crippen molar-refractivity contribution in [2.24, 2.45) is 0 Å². The Morgan fingerprint density at radius 3 is 2.70 bits per heavy atom. The van der Waals surface area contributed by atoms with Gasteiger partial charge in [-0.3, -0.25) is 4.79 Å². The maximum Gasteiger partial charge on any atom is 0.417 e. The van der Waals surface area contributed by atoms with Crippen LogP contribution in [-0.2, 0) is 11.0 Å². The third-order valence-corrected chi connectivity index (χ3v) is 5.21. The van der Waals surface area contributed by atoms with E-state index in [0.717, 1.165) is 23.4 Å². The van der Waals surface area contributed by atoms with E-state index in [1.807, 2.05) is 13.0 Å². The van der Waals surface area contributed by atoms with E-state index in [-0.39, 0.29) is 29.5 Å². The Balaban J connectivity index is 1.58. The Hall–Kier alpha value is -2.06. The average molecular weight is 418 g/mol. The second-order valence-electron chi connectivity index (χ2n) is 5.83. The molecule has 0 fully saturated rings. The van der Waals surface area contributed by atoms with Crippen molar-refractivity contribution >= 4 is 29.3 Å². The van der Waals surface area contributed by atoms with E-state index >= 15 is 0 Å². The summed E-state index contributed by atoms with van der Waals surface area (Å²) in [5.74, 6) is 0.946. The Kier molecular flexibility index (Phi) is 5.76. The van der Waals surface area contributed by atoms with Crippen LogP contribution in [0, 0.1) is 0 Å². The molecule has 4 nitrogen and oxygen atoms in total. The molecule has 0 bridgehead atoms. The molecule has 1 amide bonds. The summed E-state index contributed by atoms with van der Waals surface area (Å²) in [4.78, 5) is 12.5. The maximum absolute atomic E-state index is 12.9. The van der Waals surface area contributed by atoms with Crippen molar-refractivity contribution in [1.82, 2.24) is 5.32 Å². The van der Waals surface area contributed by atoms with Gasteiger partial charge in [0.2, 0.25) is 12.7 Å². The van der Waals surface area contributed by atoms with E-state index in [2.05, 4.69) is 5.32 Å². The molecule has 3 rings (SSSR count). The normalized spacial score (nSPS) is 14.1. The standard InChI is InChI=1S/C18H15ClF3NO3S/c1-10(11-2-5-15-16(6-11)26-9-25-15)23-17(24)8-27-12-3-4-14(19)13(7-12)18(20,21)22/h2-7,10H,8-9H2,1H3,(H,23,24). The molecule has 0 aromatic heterocycles. The number of carbonyl (C=O) groups is 1. The predicted molar refractivity (Wildman–Crippen MR) is 96.3 cm³/mol. The van der Waals surface area contributed by atoms with Crippen LogP contribution >= 0.6 is 23.4 Å². The summed E-state index contributed by atoms with van der Waals surface area (Å²) in [5.41, 5.74) is -0.0771. The molecule has 144 valence electrons. The molecule has 1 atom stereocenters. The van der Waals surface area contributed by atoms with Gasteiger partial charge >= 0.3 is 6.18 Å². The van der Waals surface area contributed by atoms with Crippen LogP contribution in [0.15, 0.2) is 41.3 Å². The summed E-state index contributed by atoms with van der Waals surface area (Å²) in [5, 5.41) is 2.44. The fourth-order valence-electron chi connectivity index (χ4n) is 2.51. The number of nitrogens with one attached hydrogen (secondary N) is 1. The van der Waals surface area contributed by atoms with Gasteiger partial charge in [-0.2, -0.15) is 13.2 Å². The first-order valence-electron chi connectivity index (χ1n) is 7.92. The molecular weight excluding hydrogens is 403 g/mol. The molecule has 9 heteroatoms. The highest BCUT2D eigenvalue weighted by Crippen LogP contribution is 2.37. The zero-order valence-corrected chi connectivity index (χ0v) is 15.7. The molecule has 27 heavy (non-hydrogen) atoms. The van der Waals surface area contributed by atoms with Crippen LogP contribution in [0.1, 0.15) is 24.1 Å². The van der Waals surface area contributed by atoms with Gasteiger partial charge in [0.25, 0.3) is 0 Å². The monoisotopic (exact) mass is 417 g/mol. The molecule has 1 unspecified atom stereocenters. The lowest BCUT2D eigenvalue weighted by Crippen LogP contribution is -2.28. The van der Waals surface area contributed by atoms with E-state index in [1.165, 1.54) is 12.1 Å². The van der Waals surface area contributed by atoms with Crippen LogP contribution in [-0.4, -0.2) is 18.5 Å². The number of hydrogen-bond acceptors (Lipinski definition) is 4. The molecule has 2 aromatic carbocycles. The topological polar surface area (TPSA) is 47.6 Å². The average Bonchev–Trinajstić information content (AvgIpc) is 3.07. The number of ether oxygens (including phenoxy) is 2. The highest BCUT2D eigenvalue weighted by atomic mass is 35.5. The first kappa shape index (κ1) is 19.7. The molecule has 1 heterocycles.